The molecular formula is C11H11NO4. The van der Waals surface area contributed by atoms with Crippen molar-refractivity contribution >= 4 is 5.97 Å². The van der Waals surface area contributed by atoms with E-state index in [1.165, 1.54) is 6.39 Å². The Balaban J connectivity index is 2.12. The third kappa shape index (κ3) is 2.07. The Kier molecular flexibility index (Phi) is 3.22. The van der Waals surface area contributed by atoms with Crippen LogP contribution < -0.4 is 0 Å². The van der Waals surface area contributed by atoms with Crippen molar-refractivity contribution in [3.63, 3.8) is 0 Å². The lowest BCUT2D eigenvalue weighted by Gasteiger charge is -2.06. The van der Waals surface area contributed by atoms with E-state index in [0.29, 0.717) is 12.4 Å². The van der Waals surface area contributed by atoms with Gasteiger partial charge in [-0.15, -0.1) is 6.42 Å². The Hall–Kier alpha value is -1.80. The van der Waals surface area contributed by atoms with Gasteiger partial charge in [-0.1, -0.05) is 5.92 Å². The van der Waals surface area contributed by atoms with E-state index in [4.69, 9.17) is 20.3 Å². The molecule has 16 heavy (non-hydrogen) atoms. The first-order valence-electron chi connectivity index (χ1n) is 4.98. The molecule has 0 aliphatic carbocycles. The zero-order chi connectivity index (χ0) is 11.4. The SMILES string of the molecule is C#CCOC(=O)c1ncoc1[C@@H]1CCCO1. The molecule has 1 aromatic rings. The molecule has 0 unspecified atom stereocenters. The van der Waals surface area contributed by atoms with Gasteiger partial charge in [0, 0.05) is 6.61 Å². The Morgan fingerprint density at radius 1 is 1.75 bits per heavy atom. The van der Waals surface area contributed by atoms with Gasteiger partial charge in [0.1, 0.15) is 6.10 Å². The number of hydrogen-bond acceptors (Lipinski definition) is 5. The first kappa shape index (κ1) is 10.7. The highest BCUT2D eigenvalue weighted by atomic mass is 16.5. The van der Waals surface area contributed by atoms with E-state index in [-0.39, 0.29) is 18.4 Å². The van der Waals surface area contributed by atoms with E-state index < -0.39 is 5.97 Å². The number of nitrogens with zero attached hydrogens (tertiary/aromatic N) is 1. The summed E-state index contributed by atoms with van der Waals surface area (Å²) in [5.74, 6) is 2.07. The van der Waals surface area contributed by atoms with Gasteiger partial charge in [-0.3, -0.25) is 0 Å². The molecule has 1 saturated heterocycles. The van der Waals surface area contributed by atoms with Crippen LogP contribution in [0.25, 0.3) is 0 Å². The van der Waals surface area contributed by atoms with E-state index >= 15 is 0 Å². The molecular weight excluding hydrogens is 210 g/mol. The number of oxazole rings is 1. The molecule has 84 valence electrons. The molecule has 2 rings (SSSR count). The molecule has 0 aromatic carbocycles. The zero-order valence-corrected chi connectivity index (χ0v) is 8.64. The fourth-order valence-corrected chi connectivity index (χ4v) is 1.60. The number of terminal acetylenes is 1. The molecule has 0 saturated carbocycles. The number of aromatic nitrogens is 1. The van der Waals surface area contributed by atoms with Crippen molar-refractivity contribution in [2.24, 2.45) is 0 Å². The quantitative estimate of drug-likeness (QED) is 0.569. The van der Waals surface area contributed by atoms with Crippen LogP contribution in [0.4, 0.5) is 0 Å². The van der Waals surface area contributed by atoms with Crippen molar-refractivity contribution in [3.8, 4) is 12.3 Å². The molecule has 0 bridgehead atoms. The Morgan fingerprint density at radius 3 is 3.31 bits per heavy atom. The van der Waals surface area contributed by atoms with Gasteiger partial charge in [-0.05, 0) is 12.8 Å². The molecule has 1 aliphatic rings. The summed E-state index contributed by atoms with van der Waals surface area (Å²) in [5, 5.41) is 0. The average molecular weight is 221 g/mol. The van der Waals surface area contributed by atoms with Gasteiger partial charge in [0.05, 0.1) is 0 Å². The monoisotopic (exact) mass is 221 g/mol. The highest BCUT2D eigenvalue weighted by Crippen LogP contribution is 2.30. The fraction of sp³-hybridized carbons (Fsp3) is 0.455. The van der Waals surface area contributed by atoms with E-state index in [1.54, 1.807) is 0 Å². The molecule has 1 aromatic heterocycles. The summed E-state index contributed by atoms with van der Waals surface area (Å²) in [7, 11) is 0. The number of carbonyl (C=O) groups excluding carboxylic acids is 1. The number of carbonyl (C=O) groups is 1. The second kappa shape index (κ2) is 4.81. The van der Waals surface area contributed by atoms with Crippen molar-refractivity contribution in [1.29, 1.82) is 0 Å². The predicted molar refractivity (Wildman–Crippen MR) is 53.5 cm³/mol. The Morgan fingerprint density at radius 2 is 2.62 bits per heavy atom. The van der Waals surface area contributed by atoms with Crippen LogP contribution in [0.2, 0.25) is 0 Å². The second-order valence-electron chi connectivity index (χ2n) is 3.35. The zero-order valence-electron chi connectivity index (χ0n) is 8.64. The van der Waals surface area contributed by atoms with Crippen molar-refractivity contribution in [1.82, 2.24) is 4.98 Å². The minimum Gasteiger partial charge on any atom is -0.448 e. The molecule has 2 heterocycles. The van der Waals surface area contributed by atoms with Gasteiger partial charge in [0.15, 0.2) is 24.5 Å². The largest absolute Gasteiger partial charge is 0.448 e. The van der Waals surface area contributed by atoms with Crippen molar-refractivity contribution < 1.29 is 18.7 Å². The number of ether oxygens (including phenoxy) is 2. The smallest absolute Gasteiger partial charge is 0.361 e. The molecule has 0 N–H and O–H groups in total. The van der Waals surface area contributed by atoms with Gasteiger partial charge in [-0.25, -0.2) is 9.78 Å². The van der Waals surface area contributed by atoms with Gasteiger partial charge >= 0.3 is 5.97 Å². The van der Waals surface area contributed by atoms with Crippen molar-refractivity contribution in [2.75, 3.05) is 13.2 Å². The highest BCUT2D eigenvalue weighted by molar-refractivity contribution is 5.88. The minimum atomic E-state index is -0.572. The molecule has 0 spiro atoms. The summed E-state index contributed by atoms with van der Waals surface area (Å²) >= 11 is 0. The first-order chi connectivity index (χ1) is 7.83. The lowest BCUT2D eigenvalue weighted by Crippen LogP contribution is -2.10. The van der Waals surface area contributed by atoms with Crippen LogP contribution in [0.15, 0.2) is 10.8 Å². The van der Waals surface area contributed by atoms with Crippen LogP contribution in [0.5, 0.6) is 0 Å². The molecule has 0 radical (unpaired) electrons. The summed E-state index contributed by atoms with van der Waals surface area (Å²) in [5.41, 5.74) is 0.155. The predicted octanol–water partition coefficient (Wildman–Crippen LogP) is 1.32. The van der Waals surface area contributed by atoms with Crippen LogP contribution >= 0.6 is 0 Å². The molecule has 1 aliphatic heterocycles. The first-order valence-corrected chi connectivity index (χ1v) is 4.98. The number of esters is 1. The number of rotatable bonds is 3. The summed E-state index contributed by atoms with van der Waals surface area (Å²) in [6.07, 6.45) is 7.78. The van der Waals surface area contributed by atoms with E-state index in [9.17, 15) is 4.79 Å². The van der Waals surface area contributed by atoms with Crippen LogP contribution in [0.1, 0.15) is 35.2 Å². The number of hydrogen-bond donors (Lipinski definition) is 0. The highest BCUT2D eigenvalue weighted by Gasteiger charge is 2.28. The summed E-state index contributed by atoms with van der Waals surface area (Å²) in [6, 6.07) is 0. The lowest BCUT2D eigenvalue weighted by molar-refractivity contribution is 0.0528. The maximum atomic E-state index is 11.5. The summed E-state index contributed by atoms with van der Waals surface area (Å²) in [6.45, 7) is 0.598. The van der Waals surface area contributed by atoms with Gasteiger partial charge in [0.25, 0.3) is 0 Å². The fourth-order valence-electron chi connectivity index (χ4n) is 1.60. The van der Waals surface area contributed by atoms with E-state index in [2.05, 4.69) is 10.9 Å². The van der Waals surface area contributed by atoms with Crippen LogP contribution in [0, 0.1) is 12.3 Å². The maximum Gasteiger partial charge on any atom is 0.361 e. The molecule has 1 fully saturated rings. The van der Waals surface area contributed by atoms with Crippen LogP contribution in [-0.2, 0) is 9.47 Å². The van der Waals surface area contributed by atoms with E-state index in [0.717, 1.165) is 12.8 Å². The minimum absolute atomic E-state index is 0.0728. The molecule has 1 atom stereocenters. The normalized spacial score (nSPS) is 19.3. The molecule has 5 nitrogen and oxygen atoms in total. The van der Waals surface area contributed by atoms with Crippen molar-refractivity contribution in [2.45, 2.75) is 18.9 Å². The lowest BCUT2D eigenvalue weighted by atomic mass is 10.1. The molecule has 5 heteroatoms. The second-order valence-corrected chi connectivity index (χ2v) is 3.35. The average Bonchev–Trinajstić information content (AvgIpc) is 2.94. The Bertz CT molecular complexity index is 412. The van der Waals surface area contributed by atoms with Crippen LogP contribution in [0.3, 0.4) is 0 Å². The topological polar surface area (TPSA) is 61.6 Å². The Labute approximate surface area is 92.7 Å². The van der Waals surface area contributed by atoms with Crippen LogP contribution in [-0.4, -0.2) is 24.2 Å². The summed E-state index contributed by atoms with van der Waals surface area (Å²) < 4.78 is 15.4. The standard InChI is InChI=1S/C11H11NO4/c1-2-5-15-11(13)9-10(16-7-12-9)8-4-3-6-14-8/h1,7-8H,3-6H2/t8-/m0/s1. The third-order valence-electron chi connectivity index (χ3n) is 2.30. The van der Waals surface area contributed by atoms with Crippen molar-refractivity contribution in [3.05, 3.63) is 17.8 Å². The maximum absolute atomic E-state index is 11.5. The molecule has 0 amide bonds. The third-order valence-corrected chi connectivity index (χ3v) is 2.30. The van der Waals surface area contributed by atoms with Gasteiger partial charge in [-0.2, -0.15) is 0 Å². The van der Waals surface area contributed by atoms with Gasteiger partial charge in [0.2, 0.25) is 0 Å². The van der Waals surface area contributed by atoms with E-state index in [1.807, 2.05) is 0 Å². The van der Waals surface area contributed by atoms with Gasteiger partial charge < -0.3 is 13.9 Å². The summed E-state index contributed by atoms with van der Waals surface area (Å²) in [4.78, 5) is 15.4.